The van der Waals surface area contributed by atoms with Crippen LogP contribution in [0.25, 0.3) is 0 Å². The van der Waals surface area contributed by atoms with Gasteiger partial charge in [0.15, 0.2) is 0 Å². The molecule has 0 spiro atoms. The van der Waals surface area contributed by atoms with Gasteiger partial charge in [0.05, 0.1) is 0 Å². The molecule has 0 atom stereocenters. The van der Waals surface area contributed by atoms with Crippen molar-refractivity contribution in [3.05, 3.63) is 24.4 Å². The second kappa shape index (κ2) is 10.2. The summed E-state index contributed by atoms with van der Waals surface area (Å²) in [5.41, 5.74) is 0. The SMILES string of the molecule is CCN(CC1CCNCC1)CC1CCN(c2ccccn2)CC1.Cl. The van der Waals surface area contributed by atoms with Gasteiger partial charge < -0.3 is 15.1 Å². The van der Waals surface area contributed by atoms with E-state index in [1.807, 2.05) is 12.3 Å². The van der Waals surface area contributed by atoms with Crippen LogP contribution in [0.1, 0.15) is 32.6 Å². The lowest BCUT2D eigenvalue weighted by Crippen LogP contribution is -2.41. The lowest BCUT2D eigenvalue weighted by Gasteiger charge is -2.36. The zero-order valence-corrected chi connectivity index (χ0v) is 15.8. The third kappa shape index (κ3) is 5.61. The van der Waals surface area contributed by atoms with Crippen LogP contribution in [-0.4, -0.2) is 55.7 Å². The lowest BCUT2D eigenvalue weighted by molar-refractivity contribution is 0.175. The van der Waals surface area contributed by atoms with Crippen molar-refractivity contribution in [1.29, 1.82) is 0 Å². The number of nitrogens with one attached hydrogen (secondary N) is 1. The Morgan fingerprint density at radius 1 is 1.08 bits per heavy atom. The molecular weight excluding hydrogens is 320 g/mol. The Morgan fingerprint density at radius 3 is 2.33 bits per heavy atom. The van der Waals surface area contributed by atoms with Gasteiger partial charge in [-0.05, 0) is 69.3 Å². The van der Waals surface area contributed by atoms with Gasteiger partial charge in [-0.25, -0.2) is 4.98 Å². The minimum Gasteiger partial charge on any atom is -0.357 e. The zero-order valence-electron chi connectivity index (χ0n) is 15.0. The van der Waals surface area contributed by atoms with Crippen molar-refractivity contribution in [2.45, 2.75) is 32.6 Å². The van der Waals surface area contributed by atoms with Gasteiger partial charge in [-0.1, -0.05) is 13.0 Å². The third-order valence-electron chi connectivity index (χ3n) is 5.53. The van der Waals surface area contributed by atoms with E-state index < -0.39 is 0 Å². The molecule has 2 saturated heterocycles. The standard InChI is InChI=1S/C19H32N4.ClH/c1-2-22(15-17-6-11-20-12-7-17)16-18-8-13-23(14-9-18)19-5-3-4-10-21-19;/h3-5,10,17-18,20H,2,6-9,11-16H2,1H3;1H. The molecule has 0 saturated carbocycles. The van der Waals surface area contributed by atoms with Crippen molar-refractivity contribution in [2.75, 3.05) is 50.7 Å². The van der Waals surface area contributed by atoms with E-state index in [0.29, 0.717) is 0 Å². The van der Waals surface area contributed by atoms with Crippen LogP contribution in [0.4, 0.5) is 5.82 Å². The molecule has 0 radical (unpaired) electrons. The first-order valence-electron chi connectivity index (χ1n) is 9.44. The largest absolute Gasteiger partial charge is 0.357 e. The molecule has 3 rings (SSSR count). The van der Waals surface area contributed by atoms with Crippen molar-refractivity contribution < 1.29 is 0 Å². The Bertz CT molecular complexity index is 442. The molecule has 5 heteroatoms. The van der Waals surface area contributed by atoms with Crippen LogP contribution >= 0.6 is 12.4 Å². The second-order valence-electron chi connectivity index (χ2n) is 7.16. The minimum absolute atomic E-state index is 0. The van der Waals surface area contributed by atoms with E-state index in [-0.39, 0.29) is 12.4 Å². The number of aromatic nitrogens is 1. The van der Waals surface area contributed by atoms with E-state index in [4.69, 9.17) is 0 Å². The van der Waals surface area contributed by atoms with Gasteiger partial charge in [-0.2, -0.15) is 0 Å². The number of pyridine rings is 1. The fraction of sp³-hybridized carbons (Fsp3) is 0.737. The van der Waals surface area contributed by atoms with E-state index in [2.05, 4.69) is 39.2 Å². The first-order chi connectivity index (χ1) is 11.3. The quantitative estimate of drug-likeness (QED) is 0.852. The molecule has 3 heterocycles. The second-order valence-corrected chi connectivity index (χ2v) is 7.16. The molecule has 2 aliphatic rings. The molecule has 0 aliphatic carbocycles. The Balaban J connectivity index is 0.00000208. The van der Waals surface area contributed by atoms with Gasteiger partial charge in [0, 0.05) is 32.4 Å². The first-order valence-corrected chi connectivity index (χ1v) is 9.44. The van der Waals surface area contributed by atoms with Crippen molar-refractivity contribution in [1.82, 2.24) is 15.2 Å². The van der Waals surface area contributed by atoms with Crippen LogP contribution in [0.5, 0.6) is 0 Å². The molecule has 24 heavy (non-hydrogen) atoms. The Kier molecular flexibility index (Phi) is 8.30. The smallest absolute Gasteiger partial charge is 0.128 e. The van der Waals surface area contributed by atoms with Gasteiger partial charge in [0.2, 0.25) is 0 Å². The number of hydrogen-bond donors (Lipinski definition) is 1. The molecule has 0 unspecified atom stereocenters. The third-order valence-corrected chi connectivity index (χ3v) is 5.53. The number of nitrogens with zero attached hydrogens (tertiary/aromatic N) is 3. The van der Waals surface area contributed by atoms with Crippen molar-refractivity contribution in [3.8, 4) is 0 Å². The highest BCUT2D eigenvalue weighted by Gasteiger charge is 2.23. The van der Waals surface area contributed by atoms with Gasteiger partial charge in [0.1, 0.15) is 5.82 Å². The number of halogens is 1. The molecule has 1 aromatic heterocycles. The van der Waals surface area contributed by atoms with Gasteiger partial charge in [-0.15, -0.1) is 12.4 Å². The minimum atomic E-state index is 0. The van der Waals surface area contributed by atoms with Crippen LogP contribution in [0, 0.1) is 11.8 Å². The van der Waals surface area contributed by atoms with E-state index in [9.17, 15) is 0 Å². The summed E-state index contributed by atoms with van der Waals surface area (Å²) in [5, 5.41) is 3.48. The first kappa shape index (κ1) is 19.5. The lowest BCUT2D eigenvalue weighted by atomic mass is 9.94. The molecule has 2 aliphatic heterocycles. The van der Waals surface area contributed by atoms with Crippen molar-refractivity contribution >= 4 is 18.2 Å². The van der Waals surface area contributed by atoms with Crippen LogP contribution in [0.15, 0.2) is 24.4 Å². The van der Waals surface area contributed by atoms with Gasteiger partial charge in [-0.3, -0.25) is 0 Å². The average Bonchev–Trinajstić information content (AvgIpc) is 2.63. The maximum absolute atomic E-state index is 4.49. The normalized spacial score (nSPS) is 20.2. The van der Waals surface area contributed by atoms with Crippen LogP contribution in [0.3, 0.4) is 0 Å². The molecule has 136 valence electrons. The summed E-state index contributed by atoms with van der Waals surface area (Å²) in [6.07, 6.45) is 7.22. The van der Waals surface area contributed by atoms with Crippen molar-refractivity contribution in [2.24, 2.45) is 11.8 Å². The molecule has 1 aromatic rings. The highest BCUT2D eigenvalue weighted by molar-refractivity contribution is 5.85. The summed E-state index contributed by atoms with van der Waals surface area (Å²) in [7, 11) is 0. The highest BCUT2D eigenvalue weighted by atomic mass is 35.5. The summed E-state index contributed by atoms with van der Waals surface area (Å²) in [4.78, 5) is 9.64. The summed E-state index contributed by atoms with van der Waals surface area (Å²) >= 11 is 0. The van der Waals surface area contributed by atoms with Crippen LogP contribution in [0.2, 0.25) is 0 Å². The number of anilines is 1. The van der Waals surface area contributed by atoms with E-state index in [0.717, 1.165) is 30.7 Å². The van der Waals surface area contributed by atoms with Crippen LogP contribution < -0.4 is 10.2 Å². The van der Waals surface area contributed by atoms with Gasteiger partial charge >= 0.3 is 0 Å². The number of hydrogen-bond acceptors (Lipinski definition) is 4. The van der Waals surface area contributed by atoms with Gasteiger partial charge in [0.25, 0.3) is 0 Å². The van der Waals surface area contributed by atoms with E-state index in [1.54, 1.807) is 0 Å². The summed E-state index contributed by atoms with van der Waals surface area (Å²) in [6.45, 7) is 10.9. The predicted octanol–water partition coefficient (Wildman–Crippen LogP) is 3.04. The maximum atomic E-state index is 4.49. The summed E-state index contributed by atoms with van der Waals surface area (Å²) < 4.78 is 0. The predicted molar refractivity (Wildman–Crippen MR) is 104 cm³/mol. The Hall–Kier alpha value is -0.840. The fourth-order valence-electron chi connectivity index (χ4n) is 4.01. The monoisotopic (exact) mass is 352 g/mol. The highest BCUT2D eigenvalue weighted by Crippen LogP contribution is 2.23. The van der Waals surface area contributed by atoms with Crippen molar-refractivity contribution in [3.63, 3.8) is 0 Å². The molecule has 0 aromatic carbocycles. The molecule has 1 N–H and O–H groups in total. The van der Waals surface area contributed by atoms with E-state index in [1.165, 1.54) is 58.4 Å². The maximum Gasteiger partial charge on any atom is 0.128 e. The Morgan fingerprint density at radius 2 is 1.75 bits per heavy atom. The van der Waals surface area contributed by atoms with Crippen LogP contribution in [-0.2, 0) is 0 Å². The summed E-state index contributed by atoms with van der Waals surface area (Å²) in [5.74, 6) is 2.91. The summed E-state index contributed by atoms with van der Waals surface area (Å²) in [6, 6.07) is 6.22. The topological polar surface area (TPSA) is 31.4 Å². The molecule has 0 bridgehead atoms. The number of rotatable bonds is 6. The molecular formula is C19H33ClN4. The zero-order chi connectivity index (χ0) is 15.9. The van der Waals surface area contributed by atoms with E-state index >= 15 is 0 Å². The number of piperidine rings is 2. The molecule has 4 nitrogen and oxygen atoms in total. The fourth-order valence-corrected chi connectivity index (χ4v) is 4.01. The molecule has 2 fully saturated rings. The molecule has 0 amide bonds. The average molecular weight is 353 g/mol. The Labute approximate surface area is 153 Å².